The van der Waals surface area contributed by atoms with Crippen LogP contribution in [-0.2, 0) is 18.4 Å². The number of carbonyl (C=O) groups excluding carboxylic acids is 2. The number of hydrogen-bond donors (Lipinski definition) is 0. The molecule has 1 saturated heterocycles. The summed E-state index contributed by atoms with van der Waals surface area (Å²) < 4.78 is 7.87. The first-order valence-corrected chi connectivity index (χ1v) is 11.6. The molecule has 0 spiro atoms. The van der Waals surface area contributed by atoms with Crippen LogP contribution < -0.4 is 4.74 Å². The summed E-state index contributed by atoms with van der Waals surface area (Å²) in [5.41, 5.74) is 2.02. The Kier molecular flexibility index (Phi) is 7.97. The van der Waals surface area contributed by atoms with Gasteiger partial charge in [0.1, 0.15) is 12.4 Å². The third-order valence-corrected chi connectivity index (χ3v) is 6.16. The summed E-state index contributed by atoms with van der Waals surface area (Å²) >= 11 is 5.95. The number of nitrogens with zero attached hydrogens (tertiary/aromatic N) is 2. The lowest BCUT2D eigenvalue weighted by Crippen LogP contribution is -2.42. The van der Waals surface area contributed by atoms with Crippen molar-refractivity contribution < 1.29 is 14.3 Å². The lowest BCUT2D eigenvalue weighted by atomic mass is 9.98. The zero-order valence-corrected chi connectivity index (χ0v) is 20.0. The van der Waals surface area contributed by atoms with E-state index in [2.05, 4.69) is 6.92 Å². The van der Waals surface area contributed by atoms with E-state index in [4.69, 9.17) is 16.3 Å². The van der Waals surface area contributed by atoms with Crippen molar-refractivity contribution in [3.63, 3.8) is 0 Å². The second kappa shape index (κ2) is 10.7. The van der Waals surface area contributed by atoms with Gasteiger partial charge in [0.05, 0.1) is 11.3 Å². The predicted octanol–water partition coefficient (Wildman–Crippen LogP) is 5.88. The summed E-state index contributed by atoms with van der Waals surface area (Å²) in [5, 5.41) is 1.41. The van der Waals surface area contributed by atoms with Gasteiger partial charge in [-0.15, -0.1) is 0 Å². The van der Waals surface area contributed by atoms with E-state index in [-0.39, 0.29) is 6.61 Å². The van der Waals surface area contributed by atoms with Crippen molar-refractivity contribution in [3.8, 4) is 5.75 Å². The lowest BCUT2D eigenvalue weighted by Gasteiger charge is -2.29. The Hall–Kier alpha value is -2.79. The van der Waals surface area contributed by atoms with Crippen molar-refractivity contribution >= 4 is 34.2 Å². The Morgan fingerprint density at radius 3 is 2.31 bits per heavy atom. The van der Waals surface area contributed by atoms with Crippen LogP contribution in [0.2, 0.25) is 5.02 Å². The summed E-state index contributed by atoms with van der Waals surface area (Å²) in [4.78, 5) is 28.1. The maximum Gasteiger partial charge on any atom is 0.295 e. The number of piperidine rings is 1. The largest absolute Gasteiger partial charge is 0.487 e. The quantitative estimate of drug-likeness (QED) is 0.357. The summed E-state index contributed by atoms with van der Waals surface area (Å²) in [5.74, 6) is 0.353. The highest BCUT2D eigenvalue weighted by Crippen LogP contribution is 2.28. The minimum atomic E-state index is -0.462. The number of amides is 1. The summed E-state index contributed by atoms with van der Waals surface area (Å²) in [6.45, 7) is 7.62. The van der Waals surface area contributed by atoms with Crippen LogP contribution in [0.15, 0.2) is 48.5 Å². The van der Waals surface area contributed by atoms with Crippen LogP contribution in [0.4, 0.5) is 0 Å². The van der Waals surface area contributed by atoms with Crippen LogP contribution in [0, 0.1) is 5.92 Å². The van der Waals surface area contributed by atoms with Gasteiger partial charge in [0, 0.05) is 36.1 Å². The number of aryl methyl sites for hydroxylation is 1. The second-order valence-electron chi connectivity index (χ2n) is 7.94. The molecular formula is C26H31ClN2O3. The van der Waals surface area contributed by atoms with Crippen molar-refractivity contribution in [2.45, 2.75) is 40.2 Å². The number of aromatic nitrogens is 1. The van der Waals surface area contributed by atoms with Crippen LogP contribution >= 0.6 is 11.6 Å². The molecule has 3 aromatic rings. The highest BCUT2D eigenvalue weighted by Gasteiger charge is 2.31. The van der Waals surface area contributed by atoms with Crippen LogP contribution in [-0.4, -0.2) is 34.2 Å². The topological polar surface area (TPSA) is 51.5 Å². The van der Waals surface area contributed by atoms with E-state index in [1.807, 2.05) is 49.7 Å². The number of hydrogen-bond acceptors (Lipinski definition) is 3. The zero-order chi connectivity index (χ0) is 23.3. The molecule has 0 aliphatic carbocycles. The molecule has 0 atom stereocenters. The minimum absolute atomic E-state index is 0.179. The number of carbonyl (C=O) groups is 2. The molecule has 1 aromatic heterocycles. The second-order valence-corrected chi connectivity index (χ2v) is 8.38. The number of ether oxygens (including phenoxy) is 1. The first-order valence-electron chi connectivity index (χ1n) is 11.2. The number of fused-ring (bicyclic) bond motifs is 1. The van der Waals surface area contributed by atoms with Gasteiger partial charge in [0.2, 0.25) is 0 Å². The Bertz CT molecular complexity index is 1080. The fourth-order valence-corrected chi connectivity index (χ4v) is 4.14. The molecule has 0 bridgehead atoms. The summed E-state index contributed by atoms with van der Waals surface area (Å²) in [6, 6.07) is 14.7. The highest BCUT2D eigenvalue weighted by molar-refractivity contribution is 6.45. The molecule has 0 radical (unpaired) electrons. The SMILES string of the molecule is CC.CC1CCN(C(=O)C(=O)c2c(COc3ccc(Cl)cc3)n(C)c3ccccc23)CC1. The molecule has 0 N–H and O–H groups in total. The summed E-state index contributed by atoms with van der Waals surface area (Å²) in [7, 11) is 1.90. The maximum atomic E-state index is 13.4. The number of halogens is 1. The molecule has 2 aromatic carbocycles. The zero-order valence-electron chi connectivity index (χ0n) is 19.2. The van der Waals surface area contributed by atoms with Gasteiger partial charge in [-0.1, -0.05) is 50.6 Å². The fraction of sp³-hybridized carbons (Fsp3) is 0.385. The smallest absolute Gasteiger partial charge is 0.295 e. The van der Waals surface area contributed by atoms with Gasteiger partial charge in [0.25, 0.3) is 11.7 Å². The molecule has 170 valence electrons. The molecule has 1 amide bonds. The predicted molar refractivity (Wildman–Crippen MR) is 129 cm³/mol. The maximum absolute atomic E-state index is 13.4. The standard InChI is InChI=1S/C24H25ClN2O3.C2H6/c1-16-11-13-27(14-12-16)24(29)23(28)22-19-5-3-4-6-20(19)26(2)21(22)15-30-18-9-7-17(25)8-10-18;1-2/h3-10,16H,11-15H2,1-2H3;1-2H3. The normalized spacial score (nSPS) is 14.1. The molecule has 2 heterocycles. The molecule has 4 rings (SSSR count). The van der Waals surface area contributed by atoms with Gasteiger partial charge < -0.3 is 14.2 Å². The van der Waals surface area contributed by atoms with Crippen molar-refractivity contribution in [1.29, 1.82) is 0 Å². The molecular weight excluding hydrogens is 424 g/mol. The molecule has 1 aliphatic heterocycles. The molecule has 32 heavy (non-hydrogen) atoms. The van der Waals surface area contributed by atoms with E-state index in [0.29, 0.717) is 41.0 Å². The molecule has 5 nitrogen and oxygen atoms in total. The highest BCUT2D eigenvalue weighted by atomic mass is 35.5. The Morgan fingerprint density at radius 1 is 1.03 bits per heavy atom. The Balaban J connectivity index is 0.00000141. The van der Waals surface area contributed by atoms with Gasteiger partial charge in [-0.05, 0) is 49.1 Å². The minimum Gasteiger partial charge on any atom is -0.487 e. The first-order chi connectivity index (χ1) is 15.5. The monoisotopic (exact) mass is 454 g/mol. The third kappa shape index (κ3) is 4.99. The first kappa shape index (κ1) is 23.9. The van der Waals surface area contributed by atoms with Gasteiger partial charge >= 0.3 is 0 Å². The van der Waals surface area contributed by atoms with E-state index in [1.165, 1.54) is 0 Å². The van der Waals surface area contributed by atoms with Crippen molar-refractivity contribution in [1.82, 2.24) is 9.47 Å². The number of benzene rings is 2. The lowest BCUT2D eigenvalue weighted by molar-refractivity contribution is -0.127. The Morgan fingerprint density at radius 2 is 1.66 bits per heavy atom. The molecule has 1 aliphatic rings. The fourth-order valence-electron chi connectivity index (χ4n) is 4.01. The van der Waals surface area contributed by atoms with E-state index >= 15 is 0 Å². The van der Waals surface area contributed by atoms with Crippen LogP contribution in [0.5, 0.6) is 5.75 Å². The Labute approximate surface area is 194 Å². The van der Waals surface area contributed by atoms with E-state index < -0.39 is 11.7 Å². The number of Topliss-reactive ketones (excluding diaryl/α,β-unsaturated/α-hetero) is 1. The van der Waals surface area contributed by atoms with E-state index in [1.54, 1.807) is 29.2 Å². The number of ketones is 1. The molecule has 0 unspecified atom stereocenters. The van der Waals surface area contributed by atoms with Crippen molar-refractivity contribution in [3.05, 3.63) is 64.8 Å². The van der Waals surface area contributed by atoms with Gasteiger partial charge in [-0.2, -0.15) is 0 Å². The van der Waals surface area contributed by atoms with Crippen molar-refractivity contribution in [2.24, 2.45) is 13.0 Å². The van der Waals surface area contributed by atoms with Crippen LogP contribution in [0.1, 0.15) is 49.7 Å². The summed E-state index contributed by atoms with van der Waals surface area (Å²) in [6.07, 6.45) is 1.86. The number of rotatable bonds is 5. The van der Waals surface area contributed by atoms with Crippen LogP contribution in [0.3, 0.4) is 0 Å². The van der Waals surface area contributed by atoms with E-state index in [9.17, 15) is 9.59 Å². The molecule has 6 heteroatoms. The average molecular weight is 455 g/mol. The molecule has 1 fully saturated rings. The van der Waals surface area contributed by atoms with Gasteiger partial charge in [0.15, 0.2) is 0 Å². The number of para-hydroxylation sites is 1. The van der Waals surface area contributed by atoms with Gasteiger partial charge in [-0.3, -0.25) is 9.59 Å². The number of likely N-dealkylation sites (tertiary alicyclic amines) is 1. The third-order valence-electron chi connectivity index (χ3n) is 5.91. The van der Waals surface area contributed by atoms with Gasteiger partial charge in [-0.25, -0.2) is 0 Å². The molecule has 0 saturated carbocycles. The average Bonchev–Trinajstić information content (AvgIpc) is 3.11. The van der Waals surface area contributed by atoms with Crippen molar-refractivity contribution in [2.75, 3.05) is 13.1 Å². The van der Waals surface area contributed by atoms with Crippen LogP contribution in [0.25, 0.3) is 10.9 Å². The van der Waals surface area contributed by atoms with E-state index in [0.717, 1.165) is 23.7 Å².